The second kappa shape index (κ2) is 11.6. The van der Waals surface area contributed by atoms with E-state index in [2.05, 4.69) is 197 Å². The molecule has 0 aliphatic rings. The Balaban J connectivity index is 1.09. The molecular weight excluding hydrogens is 669 g/mol. The van der Waals surface area contributed by atoms with Crippen LogP contribution >= 0.6 is 0 Å². The Hall–Kier alpha value is -7.36. The van der Waals surface area contributed by atoms with Crippen molar-refractivity contribution in [2.75, 3.05) is 0 Å². The summed E-state index contributed by atoms with van der Waals surface area (Å²) in [5, 5.41) is 9.67. The molecule has 0 radical (unpaired) electrons. The first-order valence-corrected chi connectivity index (χ1v) is 18.8. The number of furan rings is 1. The first-order chi connectivity index (χ1) is 27.3. The van der Waals surface area contributed by atoms with E-state index in [-0.39, 0.29) is 0 Å². The van der Waals surface area contributed by atoms with E-state index in [1.807, 2.05) is 6.07 Å². The monoisotopic (exact) mass is 700 g/mol. The fourth-order valence-electron chi connectivity index (χ4n) is 9.03. The Morgan fingerprint density at radius 2 is 0.873 bits per heavy atom. The molecule has 12 aromatic rings. The van der Waals surface area contributed by atoms with Crippen LogP contribution in [0.2, 0.25) is 0 Å². The van der Waals surface area contributed by atoms with Gasteiger partial charge in [-0.1, -0.05) is 127 Å². The molecule has 0 saturated heterocycles. The highest BCUT2D eigenvalue weighted by Crippen LogP contribution is 2.42. The van der Waals surface area contributed by atoms with Gasteiger partial charge in [0.15, 0.2) is 0 Å². The highest BCUT2D eigenvalue weighted by Gasteiger charge is 2.20. The van der Waals surface area contributed by atoms with Crippen molar-refractivity contribution in [1.29, 1.82) is 0 Å². The molecule has 9 aromatic carbocycles. The Morgan fingerprint density at radius 3 is 1.69 bits per heavy atom. The maximum atomic E-state index is 6.33. The van der Waals surface area contributed by atoms with E-state index < -0.39 is 0 Å². The van der Waals surface area contributed by atoms with Crippen molar-refractivity contribution >= 4 is 76.3 Å². The van der Waals surface area contributed by atoms with E-state index in [1.165, 1.54) is 82.3 Å². The fraction of sp³-hybridized carbons (Fsp3) is 0. The molecule has 0 saturated carbocycles. The second-order valence-corrected chi connectivity index (χ2v) is 14.5. The van der Waals surface area contributed by atoms with E-state index >= 15 is 0 Å². The molecule has 12 rings (SSSR count). The molecular formula is C52H32N2O. The van der Waals surface area contributed by atoms with Crippen molar-refractivity contribution in [3.05, 3.63) is 194 Å². The summed E-state index contributed by atoms with van der Waals surface area (Å²) in [6, 6.07) is 70.3. The molecule has 256 valence electrons. The number of para-hydroxylation sites is 3. The third-order valence-corrected chi connectivity index (χ3v) is 11.5. The van der Waals surface area contributed by atoms with Gasteiger partial charge in [0.25, 0.3) is 0 Å². The van der Waals surface area contributed by atoms with Gasteiger partial charge >= 0.3 is 0 Å². The van der Waals surface area contributed by atoms with Crippen LogP contribution in [0.15, 0.2) is 199 Å². The van der Waals surface area contributed by atoms with Crippen LogP contribution in [0.25, 0.3) is 110 Å². The van der Waals surface area contributed by atoms with Crippen molar-refractivity contribution in [1.82, 2.24) is 9.13 Å². The normalized spacial score (nSPS) is 12.0. The molecule has 0 amide bonds. The molecule has 0 aliphatic carbocycles. The second-order valence-electron chi connectivity index (χ2n) is 14.5. The van der Waals surface area contributed by atoms with Gasteiger partial charge in [-0.2, -0.15) is 0 Å². The van der Waals surface area contributed by atoms with E-state index in [9.17, 15) is 0 Å². The molecule has 0 unspecified atom stereocenters. The SMILES string of the molecule is c1ccc(-c2ccccc2-n2c3ccc(-c4ccc5c(c4)c4ccccc4n5-c4cccc5oc6ccccc6c45)cc3c3cc4ccccc4cc32)cc1. The minimum absolute atomic E-state index is 0.896. The number of fused-ring (bicyclic) bond motifs is 10. The first kappa shape index (κ1) is 30.1. The molecule has 3 heteroatoms. The third-order valence-electron chi connectivity index (χ3n) is 11.5. The Labute approximate surface area is 316 Å². The molecule has 0 aliphatic heterocycles. The van der Waals surface area contributed by atoms with Crippen LogP contribution in [0, 0.1) is 0 Å². The number of nitrogens with zero attached hydrogens (tertiary/aromatic N) is 2. The first-order valence-electron chi connectivity index (χ1n) is 18.8. The van der Waals surface area contributed by atoms with E-state index in [0.29, 0.717) is 0 Å². The zero-order chi connectivity index (χ0) is 36.0. The van der Waals surface area contributed by atoms with Gasteiger partial charge in [0.1, 0.15) is 11.2 Å². The number of aromatic nitrogens is 2. The predicted octanol–water partition coefficient (Wildman–Crippen LogP) is 14.3. The molecule has 3 nitrogen and oxygen atoms in total. The molecule has 0 fully saturated rings. The quantitative estimate of drug-likeness (QED) is 0.179. The predicted molar refractivity (Wildman–Crippen MR) is 231 cm³/mol. The van der Waals surface area contributed by atoms with E-state index in [1.54, 1.807) is 0 Å². The van der Waals surface area contributed by atoms with Gasteiger partial charge in [0.2, 0.25) is 0 Å². The van der Waals surface area contributed by atoms with Crippen LogP contribution in [0.3, 0.4) is 0 Å². The Morgan fingerprint density at radius 1 is 0.309 bits per heavy atom. The number of benzene rings is 9. The summed E-state index contributed by atoms with van der Waals surface area (Å²) in [4.78, 5) is 0. The zero-order valence-electron chi connectivity index (χ0n) is 29.8. The summed E-state index contributed by atoms with van der Waals surface area (Å²) in [6.45, 7) is 0. The minimum Gasteiger partial charge on any atom is -0.456 e. The van der Waals surface area contributed by atoms with Gasteiger partial charge in [-0.3, -0.25) is 0 Å². The molecule has 55 heavy (non-hydrogen) atoms. The smallest absolute Gasteiger partial charge is 0.137 e. The average Bonchev–Trinajstić information content (AvgIpc) is 3.90. The van der Waals surface area contributed by atoms with Crippen molar-refractivity contribution in [3.63, 3.8) is 0 Å². The van der Waals surface area contributed by atoms with Gasteiger partial charge < -0.3 is 13.6 Å². The van der Waals surface area contributed by atoms with Crippen LogP contribution in [0.4, 0.5) is 0 Å². The standard InChI is InChI=1S/C52H32N2O/c1-2-13-33(14-3-1)38-17-6-9-20-44(38)54-47-28-26-37(31-42(47)43-29-34-15-4-5-16-35(34)32-49(43)54)36-25-27-46-41(30-36)39-18-7-10-21-45(39)53(46)48-22-12-24-51-52(48)40-19-8-11-23-50(40)55-51/h1-32H. The molecule has 0 atom stereocenters. The summed E-state index contributed by atoms with van der Waals surface area (Å²) in [7, 11) is 0. The van der Waals surface area contributed by atoms with E-state index in [4.69, 9.17) is 4.42 Å². The summed E-state index contributed by atoms with van der Waals surface area (Å²) in [6.07, 6.45) is 0. The third kappa shape index (κ3) is 4.44. The highest BCUT2D eigenvalue weighted by molar-refractivity contribution is 6.17. The molecule has 3 heterocycles. The lowest BCUT2D eigenvalue weighted by molar-refractivity contribution is 0.669. The molecule has 0 spiro atoms. The Kier molecular flexibility index (Phi) is 6.34. The largest absolute Gasteiger partial charge is 0.456 e. The number of hydrogen-bond donors (Lipinski definition) is 0. The topological polar surface area (TPSA) is 23.0 Å². The van der Waals surface area contributed by atoms with Crippen LogP contribution < -0.4 is 0 Å². The lowest BCUT2D eigenvalue weighted by Gasteiger charge is -2.14. The van der Waals surface area contributed by atoms with E-state index in [0.717, 1.165) is 27.6 Å². The lowest BCUT2D eigenvalue weighted by atomic mass is 10.00. The summed E-state index contributed by atoms with van der Waals surface area (Å²) < 4.78 is 11.2. The summed E-state index contributed by atoms with van der Waals surface area (Å²) >= 11 is 0. The summed E-state index contributed by atoms with van der Waals surface area (Å²) in [5.74, 6) is 0. The van der Waals surface area contributed by atoms with Gasteiger partial charge in [0, 0.05) is 32.5 Å². The van der Waals surface area contributed by atoms with Crippen LogP contribution in [0.1, 0.15) is 0 Å². The number of hydrogen-bond acceptors (Lipinski definition) is 1. The minimum atomic E-state index is 0.896. The van der Waals surface area contributed by atoms with Gasteiger partial charge in [-0.25, -0.2) is 0 Å². The van der Waals surface area contributed by atoms with Crippen molar-refractivity contribution in [3.8, 4) is 33.6 Å². The maximum absolute atomic E-state index is 6.33. The summed E-state index contributed by atoms with van der Waals surface area (Å²) in [5.41, 5.74) is 13.6. The van der Waals surface area contributed by atoms with Gasteiger partial charge in [0.05, 0.1) is 38.8 Å². The molecule has 3 aromatic heterocycles. The average molecular weight is 701 g/mol. The highest BCUT2D eigenvalue weighted by atomic mass is 16.3. The number of rotatable bonds is 4. The fourth-order valence-corrected chi connectivity index (χ4v) is 9.03. The van der Waals surface area contributed by atoms with Crippen molar-refractivity contribution < 1.29 is 4.42 Å². The Bertz CT molecular complexity index is 3490. The van der Waals surface area contributed by atoms with Crippen molar-refractivity contribution in [2.24, 2.45) is 0 Å². The zero-order valence-corrected chi connectivity index (χ0v) is 29.8. The lowest BCUT2D eigenvalue weighted by Crippen LogP contribution is -1.97. The molecule has 0 bridgehead atoms. The van der Waals surface area contributed by atoms with Crippen LogP contribution in [0.5, 0.6) is 0 Å². The molecule has 0 N–H and O–H groups in total. The van der Waals surface area contributed by atoms with Crippen LogP contribution in [-0.4, -0.2) is 9.13 Å². The van der Waals surface area contributed by atoms with Crippen LogP contribution in [-0.2, 0) is 0 Å². The maximum Gasteiger partial charge on any atom is 0.137 e. The van der Waals surface area contributed by atoms with Gasteiger partial charge in [-0.15, -0.1) is 0 Å². The van der Waals surface area contributed by atoms with Gasteiger partial charge in [-0.05, 0) is 94.2 Å². The van der Waals surface area contributed by atoms with Crippen molar-refractivity contribution in [2.45, 2.75) is 0 Å².